The van der Waals surface area contributed by atoms with E-state index in [9.17, 15) is 9.59 Å². The number of hydrogen-bond acceptors (Lipinski definition) is 3. The van der Waals surface area contributed by atoms with Gasteiger partial charge in [0.25, 0.3) is 5.56 Å². The maximum Gasteiger partial charge on any atom is 0.283 e. The lowest BCUT2D eigenvalue weighted by atomic mass is 10.1. The first-order valence-corrected chi connectivity index (χ1v) is 3.82. The van der Waals surface area contributed by atoms with Crippen LogP contribution in [0.5, 0.6) is 0 Å². The number of aromatic amines is 1. The zero-order valence-corrected chi connectivity index (χ0v) is 6.42. The van der Waals surface area contributed by atoms with Crippen molar-refractivity contribution in [2.75, 3.05) is 0 Å². The van der Waals surface area contributed by atoms with Crippen LogP contribution in [0.25, 0.3) is 0 Å². The molecule has 1 unspecified atom stereocenters. The van der Waals surface area contributed by atoms with Gasteiger partial charge in [-0.1, -0.05) is 0 Å². The molecular formula is C8H9NO3. The SMILES string of the molecule is [2H]C1Cc2o[nH]c(=O)c2CCC1=O. The Morgan fingerprint density at radius 2 is 2.17 bits per heavy atom. The largest absolute Gasteiger partial charge is 0.383 e. The standard InChI is InChI=1S/C8H9NO3/c10-5-1-3-6-7(4-2-5)12-9-8(6)11/h1-4H2,(H,9,11)/i2D. The minimum absolute atomic E-state index is 0.120. The molecule has 4 heteroatoms. The third kappa shape index (κ3) is 1.09. The molecule has 12 heavy (non-hydrogen) atoms. The molecule has 1 aromatic heterocycles. The molecule has 0 bridgehead atoms. The van der Waals surface area contributed by atoms with Gasteiger partial charge in [-0.25, -0.2) is 0 Å². The van der Waals surface area contributed by atoms with E-state index in [2.05, 4.69) is 5.16 Å². The van der Waals surface area contributed by atoms with Crippen LogP contribution in [0.3, 0.4) is 0 Å². The van der Waals surface area contributed by atoms with Gasteiger partial charge in [-0.05, 0) is 6.42 Å². The van der Waals surface area contributed by atoms with Crippen LogP contribution in [0, 0.1) is 0 Å². The van der Waals surface area contributed by atoms with E-state index in [1.807, 2.05) is 0 Å². The second-order valence-electron chi connectivity index (χ2n) is 2.81. The van der Waals surface area contributed by atoms with Crippen LogP contribution >= 0.6 is 0 Å². The molecular weight excluding hydrogens is 158 g/mol. The highest BCUT2D eigenvalue weighted by molar-refractivity contribution is 5.79. The summed E-state index contributed by atoms with van der Waals surface area (Å²) in [7, 11) is 0. The molecule has 1 heterocycles. The Morgan fingerprint density at radius 1 is 1.33 bits per heavy atom. The summed E-state index contributed by atoms with van der Waals surface area (Å²) >= 11 is 0. The Morgan fingerprint density at radius 3 is 3.00 bits per heavy atom. The molecule has 0 spiro atoms. The van der Waals surface area contributed by atoms with Crippen molar-refractivity contribution >= 4 is 5.78 Å². The number of H-pyrrole nitrogens is 1. The number of ketones is 1. The first-order valence-electron chi connectivity index (χ1n) is 4.40. The molecule has 1 aromatic rings. The number of carbonyl (C=O) groups excluding carboxylic acids is 1. The highest BCUT2D eigenvalue weighted by atomic mass is 16.5. The number of carbonyl (C=O) groups is 1. The Kier molecular flexibility index (Phi) is 1.36. The molecule has 0 radical (unpaired) electrons. The van der Waals surface area contributed by atoms with Crippen LogP contribution in [-0.4, -0.2) is 10.9 Å². The van der Waals surface area contributed by atoms with Gasteiger partial charge < -0.3 is 4.52 Å². The predicted octanol–water partition coefficient (Wildman–Crippen LogP) is 0.416. The molecule has 0 saturated carbocycles. The van der Waals surface area contributed by atoms with E-state index in [0.717, 1.165) is 0 Å². The van der Waals surface area contributed by atoms with Crippen LogP contribution in [0.1, 0.15) is 25.5 Å². The molecule has 1 aliphatic carbocycles. The monoisotopic (exact) mass is 168 g/mol. The number of aryl methyl sites for hydroxylation is 1. The van der Waals surface area contributed by atoms with Gasteiger partial charge in [0.1, 0.15) is 11.5 Å². The minimum Gasteiger partial charge on any atom is -0.383 e. The number of aromatic nitrogens is 1. The van der Waals surface area contributed by atoms with Crippen LogP contribution in [0.4, 0.5) is 0 Å². The molecule has 0 aliphatic heterocycles. The van der Waals surface area contributed by atoms with E-state index >= 15 is 0 Å². The van der Waals surface area contributed by atoms with E-state index < -0.39 is 6.40 Å². The number of rotatable bonds is 0. The van der Waals surface area contributed by atoms with Gasteiger partial charge in [0, 0.05) is 20.6 Å². The number of fused-ring (bicyclic) bond motifs is 1. The Labute approximate surface area is 69.9 Å². The van der Waals surface area contributed by atoms with Crippen molar-refractivity contribution in [3.05, 3.63) is 21.7 Å². The highest BCUT2D eigenvalue weighted by Crippen LogP contribution is 2.14. The van der Waals surface area contributed by atoms with Crippen LogP contribution in [0.2, 0.25) is 0 Å². The van der Waals surface area contributed by atoms with Gasteiger partial charge in [0.15, 0.2) is 0 Å². The fourth-order valence-corrected chi connectivity index (χ4v) is 1.33. The smallest absolute Gasteiger partial charge is 0.283 e. The van der Waals surface area contributed by atoms with Gasteiger partial charge in [0.2, 0.25) is 0 Å². The van der Waals surface area contributed by atoms with Crippen molar-refractivity contribution < 1.29 is 10.7 Å². The zero-order chi connectivity index (χ0) is 9.42. The molecule has 1 N–H and O–H groups in total. The predicted molar refractivity (Wildman–Crippen MR) is 41.0 cm³/mol. The maximum absolute atomic E-state index is 11.2. The van der Waals surface area contributed by atoms with Crippen molar-refractivity contribution in [3.63, 3.8) is 0 Å². The lowest BCUT2D eigenvalue weighted by Gasteiger charge is -1.88. The summed E-state index contributed by atoms with van der Waals surface area (Å²) in [5, 5.41) is 2.22. The van der Waals surface area contributed by atoms with Crippen molar-refractivity contribution in [2.45, 2.75) is 25.7 Å². The summed E-state index contributed by atoms with van der Waals surface area (Å²) in [6.07, 6.45) is 0.103. The van der Waals surface area contributed by atoms with E-state index in [-0.39, 0.29) is 24.2 Å². The Bertz CT molecular complexity index is 392. The molecule has 1 aliphatic rings. The molecule has 1 atom stereocenters. The van der Waals surface area contributed by atoms with Crippen LogP contribution in [-0.2, 0) is 17.6 Å². The number of hydrogen-bond donors (Lipinski definition) is 1. The quantitative estimate of drug-likeness (QED) is 0.571. The minimum atomic E-state index is -0.778. The van der Waals surface area contributed by atoms with Crippen molar-refractivity contribution in [1.82, 2.24) is 5.16 Å². The summed E-state index contributed by atoms with van der Waals surface area (Å²) in [4.78, 5) is 22.3. The van der Waals surface area contributed by atoms with E-state index in [4.69, 9.17) is 5.89 Å². The molecule has 0 aromatic carbocycles. The molecule has 64 valence electrons. The molecule has 0 amide bonds. The van der Waals surface area contributed by atoms with E-state index in [1.165, 1.54) is 0 Å². The van der Waals surface area contributed by atoms with Crippen molar-refractivity contribution in [1.29, 1.82) is 0 Å². The van der Waals surface area contributed by atoms with Crippen molar-refractivity contribution in [3.8, 4) is 0 Å². The first-order chi connectivity index (χ1) is 6.18. The lowest BCUT2D eigenvalue weighted by molar-refractivity contribution is -0.118. The van der Waals surface area contributed by atoms with Crippen molar-refractivity contribution in [2.24, 2.45) is 0 Å². The summed E-state index contributed by atoms with van der Waals surface area (Å²) in [5.41, 5.74) is 0.264. The molecule has 0 saturated heterocycles. The fraction of sp³-hybridized carbons (Fsp3) is 0.500. The van der Waals surface area contributed by atoms with Gasteiger partial charge in [-0.3, -0.25) is 9.59 Å². The van der Waals surface area contributed by atoms with Crippen LogP contribution < -0.4 is 5.56 Å². The Balaban J connectivity index is 2.41. The fourth-order valence-electron chi connectivity index (χ4n) is 1.33. The summed E-state index contributed by atoms with van der Waals surface area (Å²) in [6.45, 7) is 0. The van der Waals surface area contributed by atoms with Gasteiger partial charge in [-0.15, -0.1) is 0 Å². The highest BCUT2D eigenvalue weighted by Gasteiger charge is 2.18. The normalized spacial score (nSPS) is 24.5. The zero-order valence-electron chi connectivity index (χ0n) is 7.42. The number of nitrogens with one attached hydrogen (secondary N) is 1. The summed E-state index contributed by atoms with van der Waals surface area (Å²) < 4.78 is 12.3. The molecule has 2 rings (SSSR count). The third-order valence-electron chi connectivity index (χ3n) is 2.01. The molecule has 4 nitrogen and oxygen atoms in total. The summed E-state index contributed by atoms with van der Waals surface area (Å²) in [5.74, 6) is 0.349. The van der Waals surface area contributed by atoms with E-state index in [1.54, 1.807) is 0 Å². The maximum atomic E-state index is 11.2. The topological polar surface area (TPSA) is 63.1 Å². The first kappa shape index (κ1) is 6.22. The number of Topliss-reactive ketones (excluding diaryl/α,β-unsaturated/α-hetero) is 1. The second kappa shape index (κ2) is 2.62. The second-order valence-corrected chi connectivity index (χ2v) is 2.81. The Hall–Kier alpha value is -1.32. The third-order valence-corrected chi connectivity index (χ3v) is 2.01. The summed E-state index contributed by atoms with van der Waals surface area (Å²) in [6, 6.07) is 0. The average molecular weight is 168 g/mol. The average Bonchev–Trinajstić information content (AvgIpc) is 2.36. The van der Waals surface area contributed by atoms with Gasteiger partial charge in [0.05, 0.1) is 5.56 Å². The van der Waals surface area contributed by atoms with Gasteiger partial charge >= 0.3 is 0 Å². The van der Waals surface area contributed by atoms with Gasteiger partial charge in [-0.2, -0.15) is 5.16 Å². The van der Waals surface area contributed by atoms with E-state index in [0.29, 0.717) is 17.7 Å². The van der Waals surface area contributed by atoms with Crippen LogP contribution in [0.15, 0.2) is 9.32 Å². The lowest BCUT2D eigenvalue weighted by Crippen LogP contribution is -2.06. The molecule has 0 fully saturated rings.